The number of hydrogen-bond acceptors (Lipinski definition) is 5. The summed E-state index contributed by atoms with van der Waals surface area (Å²) < 4.78 is 16.2. The first-order valence-electron chi connectivity index (χ1n) is 9.55. The molecule has 1 N–H and O–H groups in total. The normalized spacial score (nSPS) is 13.0. The van der Waals surface area contributed by atoms with E-state index in [0.29, 0.717) is 9.79 Å². The fourth-order valence-electron chi connectivity index (χ4n) is 3.37. The monoisotopic (exact) mass is 426 g/mol. The largest absolute Gasteiger partial charge is 0.346 e. The molecule has 1 aromatic heterocycles. The highest BCUT2D eigenvalue weighted by atomic mass is 32.2. The summed E-state index contributed by atoms with van der Waals surface area (Å²) in [5.74, 6) is 0.121. The van der Waals surface area contributed by atoms with Gasteiger partial charge in [0.05, 0.1) is 22.7 Å². The minimum Gasteiger partial charge on any atom is -0.346 e. The predicted octanol–water partition coefficient (Wildman–Crippen LogP) is 4.35. The Kier molecular flexibility index (Phi) is 5.80. The standard InChI is InChI=1S/C21H19FN4O3S/c22-17-5-1-2-6-19(17)30-18-9-8-15(26(28)29)11-16(18)21(27)23-12-14-13-25-10-4-3-7-20(25)24-14/h1-2,5-6,8-9,11,13H,3-4,7,10,12H2,(H,23,27). The number of aryl methyl sites for hydroxylation is 2. The number of carbonyl (C=O) groups is 1. The molecule has 0 unspecified atom stereocenters. The summed E-state index contributed by atoms with van der Waals surface area (Å²) in [6, 6.07) is 10.2. The third kappa shape index (κ3) is 4.35. The fraction of sp³-hybridized carbons (Fsp3) is 0.238. The Morgan fingerprint density at radius 1 is 1.23 bits per heavy atom. The van der Waals surface area contributed by atoms with Gasteiger partial charge in [-0.2, -0.15) is 0 Å². The van der Waals surface area contributed by atoms with E-state index in [0.717, 1.165) is 49.1 Å². The number of carbonyl (C=O) groups excluding carboxylic acids is 1. The van der Waals surface area contributed by atoms with Gasteiger partial charge in [-0.25, -0.2) is 9.37 Å². The van der Waals surface area contributed by atoms with E-state index in [1.165, 1.54) is 24.3 Å². The molecule has 1 aliphatic rings. The number of non-ortho nitro benzene ring substituents is 1. The van der Waals surface area contributed by atoms with Crippen LogP contribution in [0.25, 0.3) is 0 Å². The highest BCUT2D eigenvalue weighted by molar-refractivity contribution is 7.99. The Morgan fingerprint density at radius 2 is 2.07 bits per heavy atom. The lowest BCUT2D eigenvalue weighted by Gasteiger charge is -2.11. The molecular weight excluding hydrogens is 407 g/mol. The van der Waals surface area contributed by atoms with E-state index in [9.17, 15) is 19.3 Å². The number of fused-ring (bicyclic) bond motifs is 1. The Hall–Kier alpha value is -3.20. The second-order valence-electron chi connectivity index (χ2n) is 6.95. The zero-order chi connectivity index (χ0) is 21.1. The number of hydrogen-bond donors (Lipinski definition) is 1. The first-order chi connectivity index (χ1) is 14.5. The van der Waals surface area contributed by atoms with E-state index in [2.05, 4.69) is 14.9 Å². The zero-order valence-electron chi connectivity index (χ0n) is 16.0. The summed E-state index contributed by atoms with van der Waals surface area (Å²) in [6.07, 6.45) is 5.06. The lowest BCUT2D eigenvalue weighted by molar-refractivity contribution is -0.384. The number of nitrogens with one attached hydrogen (secondary N) is 1. The topological polar surface area (TPSA) is 90.1 Å². The van der Waals surface area contributed by atoms with Crippen molar-refractivity contribution in [2.24, 2.45) is 0 Å². The van der Waals surface area contributed by atoms with Crippen molar-refractivity contribution in [3.05, 3.63) is 81.7 Å². The van der Waals surface area contributed by atoms with Gasteiger partial charge in [-0.05, 0) is 31.0 Å². The van der Waals surface area contributed by atoms with Crippen molar-refractivity contribution in [1.29, 1.82) is 0 Å². The molecule has 0 saturated carbocycles. The molecule has 0 radical (unpaired) electrons. The van der Waals surface area contributed by atoms with E-state index in [1.54, 1.807) is 18.2 Å². The van der Waals surface area contributed by atoms with Crippen molar-refractivity contribution in [3.63, 3.8) is 0 Å². The minimum absolute atomic E-state index is 0.126. The molecular formula is C21H19FN4O3S. The van der Waals surface area contributed by atoms with Crippen LogP contribution in [0.15, 0.2) is 58.5 Å². The third-order valence-corrected chi connectivity index (χ3v) is 5.99. The molecule has 154 valence electrons. The summed E-state index contributed by atoms with van der Waals surface area (Å²) in [6.45, 7) is 1.13. The van der Waals surface area contributed by atoms with Gasteiger partial charge in [0.25, 0.3) is 11.6 Å². The molecule has 4 rings (SSSR count). The molecule has 0 fully saturated rings. The molecule has 0 bridgehead atoms. The summed E-state index contributed by atoms with van der Waals surface area (Å²) in [5.41, 5.74) is 0.672. The molecule has 30 heavy (non-hydrogen) atoms. The maximum absolute atomic E-state index is 14.1. The first kappa shape index (κ1) is 20.1. The number of nitro groups is 1. The number of aromatic nitrogens is 2. The van der Waals surface area contributed by atoms with Crippen LogP contribution in [0.1, 0.15) is 34.7 Å². The summed E-state index contributed by atoms with van der Waals surface area (Å²) in [5, 5.41) is 14.0. The molecule has 0 spiro atoms. The Labute approximate surface area is 176 Å². The van der Waals surface area contributed by atoms with Gasteiger partial charge in [-0.1, -0.05) is 23.9 Å². The van der Waals surface area contributed by atoms with Crippen molar-refractivity contribution < 1.29 is 14.1 Å². The van der Waals surface area contributed by atoms with Crippen molar-refractivity contribution >= 4 is 23.4 Å². The average Bonchev–Trinajstić information content (AvgIpc) is 3.17. The van der Waals surface area contributed by atoms with Crippen LogP contribution in [0.5, 0.6) is 0 Å². The van der Waals surface area contributed by atoms with Gasteiger partial charge in [-0.3, -0.25) is 14.9 Å². The SMILES string of the molecule is O=C(NCc1cn2c(n1)CCCC2)c1cc([N+](=O)[O-])ccc1Sc1ccccc1F. The molecule has 0 atom stereocenters. The summed E-state index contributed by atoms with van der Waals surface area (Å²) >= 11 is 1.06. The van der Waals surface area contributed by atoms with Gasteiger partial charge in [0.2, 0.25) is 0 Å². The fourth-order valence-corrected chi connectivity index (χ4v) is 4.31. The highest BCUT2D eigenvalue weighted by Gasteiger charge is 2.19. The number of halogens is 1. The summed E-state index contributed by atoms with van der Waals surface area (Å²) in [4.78, 5) is 28.8. The number of nitro benzene ring substituents is 1. The molecule has 2 heterocycles. The van der Waals surface area contributed by atoms with Gasteiger partial charge in [0, 0.05) is 41.1 Å². The molecule has 0 aliphatic carbocycles. The third-order valence-electron chi connectivity index (χ3n) is 4.86. The first-order valence-corrected chi connectivity index (χ1v) is 10.4. The van der Waals surface area contributed by atoms with Crippen LogP contribution in [0.2, 0.25) is 0 Å². The zero-order valence-corrected chi connectivity index (χ0v) is 16.8. The number of imidazole rings is 1. The van der Waals surface area contributed by atoms with Crippen LogP contribution in [-0.2, 0) is 19.5 Å². The van der Waals surface area contributed by atoms with Gasteiger partial charge in [-0.15, -0.1) is 0 Å². The predicted molar refractivity (Wildman–Crippen MR) is 110 cm³/mol. The Morgan fingerprint density at radius 3 is 2.83 bits per heavy atom. The number of amides is 1. The van der Waals surface area contributed by atoms with Crippen molar-refractivity contribution in [1.82, 2.24) is 14.9 Å². The Bertz CT molecular complexity index is 1090. The second kappa shape index (κ2) is 8.66. The van der Waals surface area contributed by atoms with Gasteiger partial charge < -0.3 is 9.88 Å². The average molecular weight is 426 g/mol. The van der Waals surface area contributed by atoms with Gasteiger partial charge in [0.15, 0.2) is 0 Å². The summed E-state index contributed by atoms with van der Waals surface area (Å²) in [7, 11) is 0. The lowest BCUT2D eigenvalue weighted by Crippen LogP contribution is -2.23. The van der Waals surface area contributed by atoms with E-state index in [4.69, 9.17) is 0 Å². The van der Waals surface area contributed by atoms with Crippen LogP contribution < -0.4 is 5.32 Å². The molecule has 9 heteroatoms. The van der Waals surface area contributed by atoms with Crippen molar-refractivity contribution in [2.45, 2.75) is 42.1 Å². The maximum atomic E-state index is 14.1. The molecule has 2 aromatic carbocycles. The van der Waals surface area contributed by atoms with Gasteiger partial charge >= 0.3 is 0 Å². The number of nitrogens with zero attached hydrogens (tertiary/aromatic N) is 3. The van der Waals surface area contributed by atoms with E-state index >= 15 is 0 Å². The van der Waals surface area contributed by atoms with Crippen molar-refractivity contribution in [2.75, 3.05) is 0 Å². The quantitative estimate of drug-likeness (QED) is 0.468. The van der Waals surface area contributed by atoms with E-state index in [1.807, 2.05) is 6.20 Å². The highest BCUT2D eigenvalue weighted by Crippen LogP contribution is 2.34. The van der Waals surface area contributed by atoms with E-state index in [-0.39, 0.29) is 17.8 Å². The van der Waals surface area contributed by atoms with Crippen LogP contribution in [0.4, 0.5) is 10.1 Å². The molecule has 1 amide bonds. The lowest BCUT2D eigenvalue weighted by atomic mass is 10.2. The van der Waals surface area contributed by atoms with Crippen LogP contribution in [-0.4, -0.2) is 20.4 Å². The molecule has 1 aliphatic heterocycles. The number of rotatable bonds is 6. The number of benzene rings is 2. The molecule has 0 saturated heterocycles. The van der Waals surface area contributed by atoms with Crippen LogP contribution in [0.3, 0.4) is 0 Å². The molecule has 7 nitrogen and oxygen atoms in total. The van der Waals surface area contributed by atoms with Crippen molar-refractivity contribution in [3.8, 4) is 0 Å². The van der Waals surface area contributed by atoms with Crippen LogP contribution in [0, 0.1) is 15.9 Å². The maximum Gasteiger partial charge on any atom is 0.270 e. The molecule has 3 aromatic rings. The van der Waals surface area contributed by atoms with E-state index < -0.39 is 16.6 Å². The smallest absolute Gasteiger partial charge is 0.270 e. The second-order valence-corrected chi connectivity index (χ2v) is 8.04. The van der Waals surface area contributed by atoms with Gasteiger partial charge in [0.1, 0.15) is 11.6 Å². The minimum atomic E-state index is -0.558. The van der Waals surface area contributed by atoms with Crippen LogP contribution >= 0.6 is 11.8 Å². The Balaban J connectivity index is 1.56.